The lowest BCUT2D eigenvalue weighted by atomic mass is 10.1. The molecule has 1 aromatic rings. The maximum Gasteiger partial charge on any atom is 0.0950 e. The van der Waals surface area contributed by atoms with Crippen LogP contribution in [-0.2, 0) is 4.74 Å². The van der Waals surface area contributed by atoms with Crippen LogP contribution in [0, 0.1) is 0 Å². The van der Waals surface area contributed by atoms with Gasteiger partial charge in [0.1, 0.15) is 0 Å². The molecule has 14 heavy (non-hydrogen) atoms. The van der Waals surface area contributed by atoms with Crippen molar-refractivity contribution < 1.29 is 4.74 Å². The zero-order valence-corrected chi connectivity index (χ0v) is 9.11. The summed E-state index contributed by atoms with van der Waals surface area (Å²) < 4.78 is 5.59. The number of ether oxygens (including phenoxy) is 1. The van der Waals surface area contributed by atoms with E-state index in [1.807, 2.05) is 12.1 Å². The molecule has 1 aliphatic rings. The third-order valence-corrected chi connectivity index (χ3v) is 2.62. The Hall–Kier alpha value is -0.280. The van der Waals surface area contributed by atoms with Gasteiger partial charge < -0.3 is 10.1 Å². The fourth-order valence-electron chi connectivity index (χ4n) is 1.54. The molecule has 0 spiro atoms. The normalized spacial score (nSPS) is 22.3. The van der Waals surface area contributed by atoms with Gasteiger partial charge in [-0.15, -0.1) is 0 Å². The average Bonchev–Trinajstić information content (AvgIpc) is 2.18. The molecule has 0 bridgehead atoms. The molecule has 1 heterocycles. The second-order valence-corrected chi connectivity index (χ2v) is 4.14. The van der Waals surface area contributed by atoms with Crippen LogP contribution in [0.15, 0.2) is 18.2 Å². The fourth-order valence-corrected chi connectivity index (χ4v) is 2.08. The molecular formula is C10H11Cl2NO. The highest BCUT2D eigenvalue weighted by Crippen LogP contribution is 2.25. The molecular weight excluding hydrogens is 221 g/mol. The first-order chi connectivity index (χ1) is 6.75. The topological polar surface area (TPSA) is 21.3 Å². The summed E-state index contributed by atoms with van der Waals surface area (Å²) in [5.41, 5.74) is 1.04. The molecule has 0 radical (unpaired) electrons. The van der Waals surface area contributed by atoms with Crippen molar-refractivity contribution in [2.24, 2.45) is 0 Å². The molecule has 0 aliphatic carbocycles. The van der Waals surface area contributed by atoms with Gasteiger partial charge in [-0.1, -0.05) is 23.2 Å². The highest BCUT2D eigenvalue weighted by Gasteiger charge is 2.16. The summed E-state index contributed by atoms with van der Waals surface area (Å²) in [7, 11) is 0. The van der Waals surface area contributed by atoms with Crippen LogP contribution in [0.25, 0.3) is 0 Å². The first kappa shape index (κ1) is 10.2. The lowest BCUT2D eigenvalue weighted by Crippen LogP contribution is -2.33. The van der Waals surface area contributed by atoms with Gasteiger partial charge in [-0.05, 0) is 23.8 Å². The molecule has 1 saturated heterocycles. The van der Waals surface area contributed by atoms with Gasteiger partial charge in [-0.3, -0.25) is 0 Å². The standard InChI is InChI=1S/C10H11Cl2NO/c11-8-3-7(4-9(12)5-8)10-6-13-1-2-14-10/h3-5,10,13H,1-2,6H2/t10-/m1/s1. The van der Waals surface area contributed by atoms with Gasteiger partial charge in [-0.2, -0.15) is 0 Å². The highest BCUT2D eigenvalue weighted by molar-refractivity contribution is 6.34. The third-order valence-electron chi connectivity index (χ3n) is 2.18. The molecule has 1 aliphatic heterocycles. The van der Waals surface area contributed by atoms with Crippen LogP contribution in [0.3, 0.4) is 0 Å². The first-order valence-electron chi connectivity index (χ1n) is 4.54. The van der Waals surface area contributed by atoms with Crippen LogP contribution in [-0.4, -0.2) is 19.7 Å². The van der Waals surface area contributed by atoms with E-state index < -0.39 is 0 Å². The van der Waals surface area contributed by atoms with Crippen molar-refractivity contribution in [3.63, 3.8) is 0 Å². The SMILES string of the molecule is Clc1cc(Cl)cc([C@H]2CNCCO2)c1. The summed E-state index contributed by atoms with van der Waals surface area (Å²) in [6.45, 7) is 2.45. The molecule has 2 rings (SSSR count). The fraction of sp³-hybridized carbons (Fsp3) is 0.400. The van der Waals surface area contributed by atoms with Gasteiger partial charge >= 0.3 is 0 Å². The van der Waals surface area contributed by atoms with Crippen molar-refractivity contribution in [3.05, 3.63) is 33.8 Å². The lowest BCUT2D eigenvalue weighted by Gasteiger charge is -2.24. The molecule has 1 fully saturated rings. The maximum absolute atomic E-state index is 5.91. The number of nitrogens with one attached hydrogen (secondary N) is 1. The van der Waals surface area contributed by atoms with Gasteiger partial charge in [0.25, 0.3) is 0 Å². The zero-order valence-electron chi connectivity index (χ0n) is 7.59. The zero-order chi connectivity index (χ0) is 9.97. The Labute approximate surface area is 93.2 Å². The third kappa shape index (κ3) is 2.39. The Bertz CT molecular complexity index is 304. The van der Waals surface area contributed by atoms with E-state index in [1.54, 1.807) is 6.07 Å². The Morgan fingerprint density at radius 2 is 1.93 bits per heavy atom. The molecule has 1 N–H and O–H groups in total. The number of rotatable bonds is 1. The van der Waals surface area contributed by atoms with E-state index in [0.717, 1.165) is 25.3 Å². The first-order valence-corrected chi connectivity index (χ1v) is 5.29. The van der Waals surface area contributed by atoms with Gasteiger partial charge in [0, 0.05) is 23.1 Å². The Kier molecular flexibility index (Phi) is 3.29. The Morgan fingerprint density at radius 3 is 2.50 bits per heavy atom. The van der Waals surface area contributed by atoms with Crippen LogP contribution in [0.5, 0.6) is 0 Å². The van der Waals surface area contributed by atoms with Crippen LogP contribution >= 0.6 is 23.2 Å². The minimum absolute atomic E-state index is 0.0694. The van der Waals surface area contributed by atoms with Gasteiger partial charge in [0.2, 0.25) is 0 Å². The summed E-state index contributed by atoms with van der Waals surface area (Å²) >= 11 is 11.8. The minimum Gasteiger partial charge on any atom is -0.371 e. The van der Waals surface area contributed by atoms with Crippen LogP contribution < -0.4 is 5.32 Å². The summed E-state index contributed by atoms with van der Waals surface area (Å²) in [6.07, 6.45) is 0.0694. The van der Waals surface area contributed by atoms with E-state index in [1.165, 1.54) is 0 Å². The molecule has 1 atom stereocenters. The van der Waals surface area contributed by atoms with E-state index in [0.29, 0.717) is 10.0 Å². The summed E-state index contributed by atoms with van der Waals surface area (Å²) in [5, 5.41) is 4.57. The molecule has 76 valence electrons. The number of morpholine rings is 1. The molecule has 4 heteroatoms. The quantitative estimate of drug-likeness (QED) is 0.803. The van der Waals surface area contributed by atoms with Crippen LogP contribution in [0.4, 0.5) is 0 Å². The van der Waals surface area contributed by atoms with Crippen molar-refractivity contribution in [3.8, 4) is 0 Å². The van der Waals surface area contributed by atoms with E-state index in [4.69, 9.17) is 27.9 Å². The Balaban J connectivity index is 2.21. The average molecular weight is 232 g/mol. The second kappa shape index (κ2) is 4.49. The summed E-state index contributed by atoms with van der Waals surface area (Å²) in [5.74, 6) is 0. The van der Waals surface area contributed by atoms with Gasteiger partial charge in [0.15, 0.2) is 0 Å². The minimum atomic E-state index is 0.0694. The largest absolute Gasteiger partial charge is 0.371 e. The monoisotopic (exact) mass is 231 g/mol. The number of hydrogen-bond acceptors (Lipinski definition) is 2. The molecule has 1 aromatic carbocycles. The lowest BCUT2D eigenvalue weighted by molar-refractivity contribution is 0.0277. The van der Waals surface area contributed by atoms with Crippen LogP contribution in [0.2, 0.25) is 10.0 Å². The molecule has 2 nitrogen and oxygen atoms in total. The summed E-state index contributed by atoms with van der Waals surface area (Å²) in [6, 6.07) is 5.51. The predicted octanol–water partition coefficient (Wildman–Crippen LogP) is 2.65. The smallest absolute Gasteiger partial charge is 0.0950 e. The molecule has 0 unspecified atom stereocenters. The van der Waals surface area contributed by atoms with Gasteiger partial charge in [0.05, 0.1) is 12.7 Å². The number of hydrogen-bond donors (Lipinski definition) is 1. The van der Waals surface area contributed by atoms with E-state index >= 15 is 0 Å². The van der Waals surface area contributed by atoms with E-state index in [9.17, 15) is 0 Å². The second-order valence-electron chi connectivity index (χ2n) is 3.27. The van der Waals surface area contributed by atoms with Crippen LogP contribution in [0.1, 0.15) is 11.7 Å². The highest BCUT2D eigenvalue weighted by atomic mass is 35.5. The van der Waals surface area contributed by atoms with E-state index in [-0.39, 0.29) is 6.10 Å². The molecule has 0 aromatic heterocycles. The van der Waals surface area contributed by atoms with Gasteiger partial charge in [-0.25, -0.2) is 0 Å². The number of benzene rings is 1. The van der Waals surface area contributed by atoms with Crippen molar-refractivity contribution in [2.75, 3.05) is 19.7 Å². The van der Waals surface area contributed by atoms with E-state index in [2.05, 4.69) is 5.32 Å². The Morgan fingerprint density at radius 1 is 1.21 bits per heavy atom. The summed E-state index contributed by atoms with van der Waals surface area (Å²) in [4.78, 5) is 0. The number of halogens is 2. The maximum atomic E-state index is 5.91. The van der Waals surface area contributed by atoms with Crippen molar-refractivity contribution in [1.29, 1.82) is 0 Å². The predicted molar refractivity (Wildman–Crippen MR) is 58.0 cm³/mol. The van der Waals surface area contributed by atoms with Crippen molar-refractivity contribution in [2.45, 2.75) is 6.10 Å². The molecule has 0 amide bonds. The molecule has 0 saturated carbocycles. The van der Waals surface area contributed by atoms with Crippen molar-refractivity contribution >= 4 is 23.2 Å². The van der Waals surface area contributed by atoms with Crippen molar-refractivity contribution in [1.82, 2.24) is 5.32 Å².